The smallest absolute Gasteiger partial charge is 0.407 e. The van der Waals surface area contributed by atoms with Crippen molar-refractivity contribution >= 4 is 63.3 Å². The Hall–Kier alpha value is -1.12. The summed E-state index contributed by atoms with van der Waals surface area (Å²) in [6.45, 7) is 16.5. The zero-order chi connectivity index (χ0) is 29.9. The Bertz CT molecular complexity index is 1140. The van der Waals surface area contributed by atoms with E-state index in [1.54, 1.807) is 6.92 Å². The van der Waals surface area contributed by atoms with Crippen molar-refractivity contribution in [1.29, 1.82) is 0 Å². The van der Waals surface area contributed by atoms with E-state index in [0.717, 1.165) is 25.7 Å². The highest BCUT2D eigenvalue weighted by Gasteiger charge is 2.41. The van der Waals surface area contributed by atoms with Gasteiger partial charge in [-0.2, -0.15) is 0 Å². The topological polar surface area (TPSA) is 125 Å². The maximum absolute atomic E-state index is 12.7. The molecule has 4 N–H and O–H groups in total. The number of hydrogen-bond donors (Lipinski definition) is 4. The fourth-order valence-corrected chi connectivity index (χ4v) is 11.8. The van der Waals surface area contributed by atoms with Crippen molar-refractivity contribution in [2.24, 2.45) is 21.7 Å². The molecule has 2 saturated carbocycles. The molecule has 2 aliphatic rings. The Balaban J connectivity index is 1.46. The van der Waals surface area contributed by atoms with Crippen LogP contribution in [0, 0.1) is 28.6 Å². The Morgan fingerprint density at radius 3 is 1.95 bits per heavy atom. The molecule has 0 bridgehead atoms. The van der Waals surface area contributed by atoms with E-state index in [0.29, 0.717) is 32.2 Å². The van der Waals surface area contributed by atoms with Gasteiger partial charge in [-0.1, -0.05) is 86.7 Å². The van der Waals surface area contributed by atoms with Crippen LogP contribution in [0.25, 0.3) is 0 Å². The summed E-state index contributed by atoms with van der Waals surface area (Å²) in [5.41, 5.74) is 1.10. The van der Waals surface area contributed by atoms with Crippen LogP contribution in [0.3, 0.4) is 0 Å². The number of alkyl carbamates (subject to hydrolysis) is 1. The summed E-state index contributed by atoms with van der Waals surface area (Å²) in [6.07, 6.45) is 6.33. The van der Waals surface area contributed by atoms with Crippen molar-refractivity contribution in [2.45, 2.75) is 101 Å². The highest BCUT2D eigenvalue weighted by Crippen LogP contribution is 2.49. The number of hydrogen-bond acceptors (Lipinski definition) is 5. The summed E-state index contributed by atoms with van der Waals surface area (Å²) in [4.78, 5) is 44.7. The van der Waals surface area contributed by atoms with Gasteiger partial charge in [-0.05, 0) is 67.1 Å². The summed E-state index contributed by atoms with van der Waals surface area (Å²) in [5, 5.41) is 8.55. The lowest BCUT2D eigenvalue weighted by Crippen LogP contribution is -2.45. The maximum Gasteiger partial charge on any atom is 0.407 e. The molecule has 0 aliphatic heterocycles. The minimum absolute atomic E-state index is 0.0145. The molecule has 3 rings (SSSR count). The molecule has 0 aromatic carbocycles. The van der Waals surface area contributed by atoms with E-state index in [4.69, 9.17) is 4.74 Å². The largest absolute Gasteiger partial charge is 0.449 e. The molecule has 1 aromatic rings. The van der Waals surface area contributed by atoms with Gasteiger partial charge < -0.3 is 15.4 Å². The third-order valence-electron chi connectivity index (χ3n) is 8.16. The second-order valence-corrected chi connectivity index (χ2v) is 17.9. The lowest BCUT2D eigenvalue weighted by molar-refractivity contribution is 0.0976. The predicted octanol–water partition coefficient (Wildman–Crippen LogP) is 6.51. The summed E-state index contributed by atoms with van der Waals surface area (Å²) in [5.74, 6) is 0.0977. The molecule has 4 atom stereocenters. The van der Waals surface area contributed by atoms with Crippen molar-refractivity contribution in [3.8, 4) is 0 Å². The van der Waals surface area contributed by atoms with Gasteiger partial charge in [-0.25, -0.2) is 14.6 Å². The van der Waals surface area contributed by atoms with Crippen LogP contribution in [-0.4, -0.2) is 49.6 Å². The third-order valence-corrected chi connectivity index (χ3v) is 9.92. The SMILES string of the molecule is Cc1nc(NC(=O)NCC2(C)CC(I)CC(C)(C)C2)[nH]c(=O)c1CCOC(=O)NCC1(C)CC(I)CC(C)(C)C1. The summed E-state index contributed by atoms with van der Waals surface area (Å²) in [7, 11) is 0. The van der Waals surface area contributed by atoms with Gasteiger partial charge in [0.2, 0.25) is 5.95 Å². The van der Waals surface area contributed by atoms with Crippen LogP contribution >= 0.6 is 45.2 Å². The number of halogens is 2. The molecule has 40 heavy (non-hydrogen) atoms. The Kier molecular flexibility index (Phi) is 10.9. The third kappa shape index (κ3) is 10.0. The van der Waals surface area contributed by atoms with Crippen LogP contribution in [0.4, 0.5) is 15.5 Å². The quantitative estimate of drug-likeness (QED) is 0.177. The number of alkyl halides is 2. The van der Waals surface area contributed by atoms with Gasteiger partial charge in [0.05, 0.1) is 12.3 Å². The number of nitrogens with zero attached hydrogens (tertiary/aromatic N) is 1. The van der Waals surface area contributed by atoms with Crippen LogP contribution < -0.4 is 21.5 Å². The van der Waals surface area contributed by atoms with Crippen LogP contribution in [0.5, 0.6) is 0 Å². The van der Waals surface area contributed by atoms with E-state index in [1.165, 1.54) is 12.8 Å². The summed E-state index contributed by atoms with van der Waals surface area (Å²) in [6, 6.07) is -0.395. The van der Waals surface area contributed by atoms with Gasteiger partial charge >= 0.3 is 12.1 Å². The molecular weight excluding hydrogens is 736 g/mol. The lowest BCUT2D eigenvalue weighted by atomic mass is 9.64. The first-order valence-electron chi connectivity index (χ1n) is 14.2. The number of amides is 3. The van der Waals surface area contributed by atoms with E-state index in [9.17, 15) is 14.4 Å². The number of aromatic amines is 1. The number of aromatic nitrogens is 2. The van der Waals surface area contributed by atoms with Crippen LogP contribution in [-0.2, 0) is 11.2 Å². The normalized spacial score (nSPS) is 29.3. The van der Waals surface area contributed by atoms with E-state index in [1.807, 2.05) is 0 Å². The Labute approximate surface area is 266 Å². The van der Waals surface area contributed by atoms with Gasteiger partial charge in [0.25, 0.3) is 5.56 Å². The number of H-pyrrole nitrogens is 1. The minimum atomic E-state index is -0.476. The second kappa shape index (κ2) is 13.0. The molecule has 11 heteroatoms. The van der Waals surface area contributed by atoms with E-state index >= 15 is 0 Å². The van der Waals surface area contributed by atoms with Crippen LogP contribution in [0.15, 0.2) is 4.79 Å². The first-order chi connectivity index (χ1) is 18.4. The molecule has 2 aliphatic carbocycles. The fraction of sp³-hybridized carbons (Fsp3) is 0.793. The number of aryl methyl sites for hydroxylation is 1. The van der Waals surface area contributed by atoms with Gasteiger partial charge in [-0.3, -0.25) is 15.1 Å². The van der Waals surface area contributed by atoms with E-state index < -0.39 is 12.1 Å². The van der Waals surface area contributed by atoms with Crippen molar-refractivity contribution in [3.63, 3.8) is 0 Å². The number of carbonyl (C=O) groups excluding carboxylic acids is 2. The zero-order valence-electron chi connectivity index (χ0n) is 25.1. The van der Waals surface area contributed by atoms with Gasteiger partial charge in [-0.15, -0.1) is 0 Å². The number of anilines is 1. The number of ether oxygens (including phenoxy) is 1. The van der Waals surface area contributed by atoms with E-state index in [2.05, 4.69) is 113 Å². The average molecular weight is 784 g/mol. The molecular formula is C29H47I2N5O4. The molecule has 0 spiro atoms. The maximum atomic E-state index is 12.7. The highest BCUT2D eigenvalue weighted by molar-refractivity contribution is 14.1. The number of nitrogens with one attached hydrogen (secondary N) is 4. The summed E-state index contributed by atoms with van der Waals surface area (Å²) >= 11 is 5.03. The molecule has 0 radical (unpaired) electrons. The first kappa shape index (κ1) is 33.4. The average Bonchev–Trinajstić information content (AvgIpc) is 2.75. The second-order valence-electron chi connectivity index (χ2n) is 14.3. The van der Waals surface area contributed by atoms with Crippen molar-refractivity contribution in [1.82, 2.24) is 20.6 Å². The molecule has 0 saturated heterocycles. The number of rotatable bonds is 8. The zero-order valence-corrected chi connectivity index (χ0v) is 29.4. The number of carbonyl (C=O) groups is 2. The van der Waals surface area contributed by atoms with Crippen molar-refractivity contribution < 1.29 is 14.3 Å². The Morgan fingerprint density at radius 2 is 1.45 bits per heavy atom. The molecule has 9 nitrogen and oxygen atoms in total. The van der Waals surface area contributed by atoms with Crippen molar-refractivity contribution in [2.75, 3.05) is 25.0 Å². The fourth-order valence-electron chi connectivity index (χ4n) is 7.27. The standard InChI is InChI=1S/C29H47I2N5O4/c1-18-21(8-9-40-25(39)33-17-29(7)13-20(31)11-27(4,5)15-29)22(37)35-23(34-18)36-24(38)32-16-28(6)12-19(30)10-26(2,3)14-28/h19-20H,8-17H2,1-7H3,(H,33,39)(H3,32,34,35,36,37,38). The molecule has 2 fully saturated rings. The van der Waals surface area contributed by atoms with E-state index in [-0.39, 0.29) is 46.2 Å². The van der Waals surface area contributed by atoms with Crippen LogP contribution in [0.1, 0.15) is 91.3 Å². The monoisotopic (exact) mass is 783 g/mol. The predicted molar refractivity (Wildman–Crippen MR) is 177 cm³/mol. The van der Waals surface area contributed by atoms with Crippen LogP contribution in [0.2, 0.25) is 0 Å². The first-order valence-corrected chi connectivity index (χ1v) is 16.7. The molecule has 1 heterocycles. The molecule has 226 valence electrons. The van der Waals surface area contributed by atoms with Crippen molar-refractivity contribution in [3.05, 3.63) is 21.6 Å². The number of urea groups is 1. The minimum Gasteiger partial charge on any atom is -0.449 e. The highest BCUT2D eigenvalue weighted by atomic mass is 127. The van der Waals surface area contributed by atoms with Gasteiger partial charge in [0, 0.05) is 32.9 Å². The van der Waals surface area contributed by atoms with Gasteiger partial charge in [0.1, 0.15) is 0 Å². The molecule has 4 unspecified atom stereocenters. The molecule has 3 amide bonds. The Morgan fingerprint density at radius 1 is 0.925 bits per heavy atom. The van der Waals surface area contributed by atoms with Gasteiger partial charge in [0.15, 0.2) is 0 Å². The lowest BCUT2D eigenvalue weighted by Gasteiger charge is -2.45. The summed E-state index contributed by atoms with van der Waals surface area (Å²) < 4.78 is 6.54. The molecule has 1 aromatic heterocycles.